The number of hydrogen-bond acceptors (Lipinski definition) is 0. The fourth-order valence-electron chi connectivity index (χ4n) is 0.0420. The van der Waals surface area contributed by atoms with Crippen molar-refractivity contribution in [2.75, 3.05) is 0 Å². The van der Waals surface area contributed by atoms with Crippen molar-refractivity contribution in [3.8, 4) is 0 Å². The average Bonchev–Trinajstić information content (AvgIpc) is 1.75. The van der Waals surface area contributed by atoms with Crippen LogP contribution in [-0.4, -0.2) is 17.3 Å². The van der Waals surface area contributed by atoms with E-state index in [1.54, 1.807) is 0 Å². The molecular formula is CHB2I. The van der Waals surface area contributed by atoms with Crippen LogP contribution in [0.3, 0.4) is 0 Å². The van der Waals surface area contributed by atoms with Crippen molar-refractivity contribution in [1.29, 1.82) is 0 Å². The van der Waals surface area contributed by atoms with Gasteiger partial charge < -0.3 is 0 Å². The van der Waals surface area contributed by atoms with Crippen molar-refractivity contribution in [2.24, 2.45) is 0 Å². The summed E-state index contributed by atoms with van der Waals surface area (Å²) in [5.41, 5.74) is 0. The summed E-state index contributed by atoms with van der Waals surface area (Å²) >= 11 is 2.34. The Morgan fingerprint density at radius 2 is 1.75 bits per heavy atom. The Morgan fingerprint density at radius 1 is 1.50 bits per heavy atom. The summed E-state index contributed by atoms with van der Waals surface area (Å²) in [7, 11) is 0. The molecule has 3 heteroatoms. The SMILES string of the molecule is IC1B=B1. The molecule has 0 fully saturated rings. The van der Waals surface area contributed by atoms with Gasteiger partial charge in [0, 0.05) is 0 Å². The van der Waals surface area contributed by atoms with Crippen LogP contribution in [0, 0.1) is 0 Å². The fraction of sp³-hybridized carbons (Fsp3) is 1.00. The minimum atomic E-state index is 0.803. The molecule has 0 radical (unpaired) electrons. The maximum atomic E-state index is 2.34. The van der Waals surface area contributed by atoms with Gasteiger partial charge in [-0.25, -0.2) is 0 Å². The molecule has 0 aromatic carbocycles. The van der Waals surface area contributed by atoms with E-state index >= 15 is 0 Å². The third-order valence-corrected chi connectivity index (χ3v) is 1.17. The molecule has 0 saturated carbocycles. The molecule has 0 spiro atoms. The molecular weight excluding hydrogens is 161 g/mol. The molecule has 1 aliphatic rings. The van der Waals surface area contributed by atoms with Crippen molar-refractivity contribution in [3.63, 3.8) is 0 Å². The van der Waals surface area contributed by atoms with Crippen molar-refractivity contribution in [1.82, 2.24) is 0 Å². The first kappa shape index (κ1) is 3.07. The summed E-state index contributed by atoms with van der Waals surface area (Å²) in [4.78, 5) is 0. The molecule has 0 aromatic heterocycles. The average molecular weight is 162 g/mol. The number of hydrogen-bond donors (Lipinski definition) is 0. The summed E-state index contributed by atoms with van der Waals surface area (Å²) in [6, 6.07) is 0. The van der Waals surface area contributed by atoms with E-state index in [0.717, 1.165) is 3.72 Å². The maximum absolute atomic E-state index is 2.34. The van der Waals surface area contributed by atoms with Gasteiger partial charge in [-0.15, -0.1) is 0 Å². The van der Waals surface area contributed by atoms with Crippen LogP contribution in [-0.2, 0) is 0 Å². The van der Waals surface area contributed by atoms with Gasteiger partial charge in [-0.1, -0.05) is 0 Å². The van der Waals surface area contributed by atoms with Crippen LogP contribution in [0.5, 0.6) is 0 Å². The predicted octanol–water partition coefficient (Wildman–Crippen LogP) is 0.0420. The second kappa shape index (κ2) is 0.919. The summed E-state index contributed by atoms with van der Waals surface area (Å²) in [5, 5.41) is 0. The molecule has 0 bridgehead atoms. The molecule has 0 amide bonds. The molecule has 0 aromatic rings. The standard InChI is InChI=1S/CHB2I/c4-1-2-3-1/h1H. The second-order valence-corrected chi connectivity index (χ2v) is 2.27. The Morgan fingerprint density at radius 3 is 1.75 bits per heavy atom. The van der Waals surface area contributed by atoms with E-state index in [4.69, 9.17) is 0 Å². The summed E-state index contributed by atoms with van der Waals surface area (Å²) in [6.45, 7) is 4.31. The van der Waals surface area contributed by atoms with Gasteiger partial charge in [0.05, 0.1) is 0 Å². The number of halogens is 1. The van der Waals surface area contributed by atoms with E-state index in [1.165, 1.54) is 0 Å². The van der Waals surface area contributed by atoms with Crippen molar-refractivity contribution >= 4 is 36.2 Å². The Hall–Kier alpha value is 0.860. The third-order valence-electron chi connectivity index (χ3n) is 0.338. The monoisotopic (exact) mass is 162 g/mol. The first-order chi connectivity index (χ1) is 1.89. The van der Waals surface area contributed by atoms with Crippen LogP contribution in [0.25, 0.3) is 0 Å². The zero-order chi connectivity index (χ0) is 2.99. The zero-order valence-electron chi connectivity index (χ0n) is 2.11. The first-order valence-electron chi connectivity index (χ1n) is 1.22. The van der Waals surface area contributed by atoms with Crippen LogP contribution in [0.1, 0.15) is 0 Å². The van der Waals surface area contributed by atoms with E-state index in [0.29, 0.717) is 0 Å². The normalized spacial score (nSPS) is 18.2. The van der Waals surface area contributed by atoms with Crippen LogP contribution >= 0.6 is 22.6 Å². The number of alkyl halides is 1. The molecule has 4 heavy (non-hydrogen) atoms. The Kier molecular flexibility index (Phi) is 0.705. The summed E-state index contributed by atoms with van der Waals surface area (Å²) in [6.07, 6.45) is 0. The first-order valence-corrected chi connectivity index (χ1v) is 2.46. The third kappa shape index (κ3) is 0.664. The molecule has 0 unspecified atom stereocenters. The molecule has 0 aliphatic carbocycles. The van der Waals surface area contributed by atoms with Crippen molar-refractivity contribution in [2.45, 2.75) is 3.72 Å². The van der Waals surface area contributed by atoms with Gasteiger partial charge in [-0.2, -0.15) is 0 Å². The van der Waals surface area contributed by atoms with Crippen LogP contribution in [0.2, 0.25) is 0 Å². The van der Waals surface area contributed by atoms with Crippen LogP contribution in [0.4, 0.5) is 0 Å². The van der Waals surface area contributed by atoms with E-state index in [-0.39, 0.29) is 0 Å². The van der Waals surface area contributed by atoms with Gasteiger partial charge in [-0.05, 0) is 0 Å². The molecule has 1 rings (SSSR count). The van der Waals surface area contributed by atoms with Crippen LogP contribution < -0.4 is 0 Å². The van der Waals surface area contributed by atoms with Crippen molar-refractivity contribution < 1.29 is 0 Å². The Balaban J connectivity index is 2.32. The summed E-state index contributed by atoms with van der Waals surface area (Å²) in [5.74, 6) is 0. The minimum absolute atomic E-state index is 0.803. The topological polar surface area (TPSA) is 0 Å². The van der Waals surface area contributed by atoms with E-state index in [9.17, 15) is 0 Å². The fourth-order valence-corrected chi connectivity index (χ4v) is 0.282. The van der Waals surface area contributed by atoms with Gasteiger partial charge in [0.25, 0.3) is 0 Å². The molecule has 1 aliphatic heterocycles. The van der Waals surface area contributed by atoms with E-state index in [1.807, 2.05) is 0 Å². The summed E-state index contributed by atoms with van der Waals surface area (Å²) < 4.78 is 0.803. The van der Waals surface area contributed by atoms with Crippen LogP contribution in [0.15, 0.2) is 0 Å². The number of rotatable bonds is 0. The van der Waals surface area contributed by atoms with Gasteiger partial charge in [-0.3, -0.25) is 0 Å². The molecule has 18 valence electrons. The quantitative estimate of drug-likeness (QED) is 0.267. The van der Waals surface area contributed by atoms with Gasteiger partial charge in [0.1, 0.15) is 0 Å². The molecule has 1 heterocycles. The Bertz CT molecular complexity index is 44.0. The Labute approximate surface area is 40.2 Å². The van der Waals surface area contributed by atoms with E-state index in [2.05, 4.69) is 36.2 Å². The molecule has 0 N–H and O–H groups in total. The molecule has 0 saturated heterocycles. The molecule has 0 atom stereocenters. The van der Waals surface area contributed by atoms with Gasteiger partial charge in [0.15, 0.2) is 0 Å². The molecule has 0 nitrogen and oxygen atoms in total. The van der Waals surface area contributed by atoms with Gasteiger partial charge >= 0.3 is 39.9 Å². The zero-order valence-corrected chi connectivity index (χ0v) is 4.27. The van der Waals surface area contributed by atoms with E-state index < -0.39 is 0 Å². The van der Waals surface area contributed by atoms with Crippen molar-refractivity contribution in [3.05, 3.63) is 0 Å². The predicted molar refractivity (Wildman–Crippen MR) is 29.3 cm³/mol. The second-order valence-electron chi connectivity index (χ2n) is 0.829. The van der Waals surface area contributed by atoms with Gasteiger partial charge in [0.2, 0.25) is 0 Å².